The van der Waals surface area contributed by atoms with Crippen LogP contribution in [0.5, 0.6) is 0 Å². The van der Waals surface area contributed by atoms with Gasteiger partial charge < -0.3 is 9.26 Å². The van der Waals surface area contributed by atoms with Crippen LogP contribution in [0.15, 0.2) is 4.52 Å². The maximum atomic E-state index is 11.1. The molecule has 0 N–H and O–H groups in total. The van der Waals surface area contributed by atoms with Crippen molar-refractivity contribution in [2.75, 3.05) is 20.2 Å². The molecule has 108 valence electrons. The van der Waals surface area contributed by atoms with E-state index in [0.29, 0.717) is 31.2 Å². The molecule has 6 nitrogen and oxygen atoms in total. The summed E-state index contributed by atoms with van der Waals surface area (Å²) in [6.45, 7) is 10.1. The second kappa shape index (κ2) is 6.65. The predicted molar refractivity (Wildman–Crippen MR) is 70.6 cm³/mol. The minimum atomic E-state index is -0.209. The van der Waals surface area contributed by atoms with Crippen LogP contribution in [0.4, 0.5) is 0 Å². The molecule has 0 atom stereocenters. The van der Waals surface area contributed by atoms with E-state index in [0.717, 1.165) is 6.54 Å². The molecule has 0 unspecified atom stereocenters. The SMILES string of the molecule is CCN(CCC(=O)OC)Cc1nc(C(C)(C)C)no1. The van der Waals surface area contributed by atoms with Gasteiger partial charge in [0.1, 0.15) is 0 Å². The van der Waals surface area contributed by atoms with Crippen molar-refractivity contribution in [2.45, 2.75) is 46.1 Å². The van der Waals surface area contributed by atoms with Crippen molar-refractivity contribution in [2.24, 2.45) is 0 Å². The lowest BCUT2D eigenvalue weighted by Gasteiger charge is -2.17. The third kappa shape index (κ3) is 4.98. The van der Waals surface area contributed by atoms with Gasteiger partial charge in [0, 0.05) is 12.0 Å². The summed E-state index contributed by atoms with van der Waals surface area (Å²) in [6, 6.07) is 0. The van der Waals surface area contributed by atoms with Crippen LogP contribution in [0.2, 0.25) is 0 Å². The van der Waals surface area contributed by atoms with Crippen molar-refractivity contribution in [3.63, 3.8) is 0 Å². The summed E-state index contributed by atoms with van der Waals surface area (Å²) in [5.41, 5.74) is -0.120. The van der Waals surface area contributed by atoms with Crippen molar-refractivity contribution in [1.82, 2.24) is 15.0 Å². The Morgan fingerprint density at radius 2 is 2.11 bits per heavy atom. The first kappa shape index (κ1) is 15.6. The average Bonchev–Trinajstić information content (AvgIpc) is 2.82. The van der Waals surface area contributed by atoms with Crippen LogP contribution in [-0.4, -0.2) is 41.2 Å². The van der Waals surface area contributed by atoms with Gasteiger partial charge in [-0.3, -0.25) is 9.69 Å². The van der Waals surface area contributed by atoms with Crippen LogP contribution < -0.4 is 0 Å². The topological polar surface area (TPSA) is 68.5 Å². The molecule has 0 aromatic carbocycles. The van der Waals surface area contributed by atoms with E-state index in [4.69, 9.17) is 4.52 Å². The molecule has 0 aliphatic heterocycles. The smallest absolute Gasteiger partial charge is 0.306 e. The van der Waals surface area contributed by atoms with E-state index >= 15 is 0 Å². The molecule has 1 aromatic heterocycles. The van der Waals surface area contributed by atoms with Crippen molar-refractivity contribution >= 4 is 5.97 Å². The molecule has 0 aliphatic rings. The highest BCUT2D eigenvalue weighted by atomic mass is 16.5. The summed E-state index contributed by atoms with van der Waals surface area (Å²) in [5, 5.41) is 3.98. The van der Waals surface area contributed by atoms with E-state index in [9.17, 15) is 4.79 Å². The Kier molecular flexibility index (Phi) is 5.47. The number of nitrogens with zero attached hydrogens (tertiary/aromatic N) is 3. The van der Waals surface area contributed by atoms with Gasteiger partial charge in [-0.25, -0.2) is 0 Å². The van der Waals surface area contributed by atoms with Gasteiger partial charge in [-0.05, 0) is 6.54 Å². The summed E-state index contributed by atoms with van der Waals surface area (Å²) in [6.07, 6.45) is 0.366. The lowest BCUT2D eigenvalue weighted by atomic mass is 9.96. The summed E-state index contributed by atoms with van der Waals surface area (Å²) in [7, 11) is 1.40. The molecule has 1 rings (SSSR count). The van der Waals surface area contributed by atoms with Crippen LogP contribution in [0.1, 0.15) is 45.8 Å². The third-order valence-electron chi connectivity index (χ3n) is 2.80. The van der Waals surface area contributed by atoms with Crippen LogP contribution >= 0.6 is 0 Å². The molecule has 0 fully saturated rings. The molecule has 0 spiro atoms. The Balaban J connectivity index is 2.56. The first-order valence-electron chi connectivity index (χ1n) is 6.49. The highest BCUT2D eigenvalue weighted by molar-refractivity contribution is 5.69. The van der Waals surface area contributed by atoms with Crippen molar-refractivity contribution < 1.29 is 14.1 Å². The van der Waals surface area contributed by atoms with E-state index in [2.05, 4.69) is 19.8 Å². The second-order valence-electron chi connectivity index (χ2n) is 5.46. The van der Waals surface area contributed by atoms with E-state index in [1.807, 2.05) is 27.7 Å². The fourth-order valence-electron chi connectivity index (χ4n) is 1.52. The number of hydrogen-bond acceptors (Lipinski definition) is 6. The zero-order valence-electron chi connectivity index (χ0n) is 12.4. The zero-order chi connectivity index (χ0) is 14.5. The molecule has 0 radical (unpaired) electrons. The van der Waals surface area contributed by atoms with Crippen molar-refractivity contribution in [3.05, 3.63) is 11.7 Å². The first-order chi connectivity index (χ1) is 8.86. The molecular formula is C13H23N3O3. The Bertz CT molecular complexity index is 410. The lowest BCUT2D eigenvalue weighted by molar-refractivity contribution is -0.141. The normalized spacial score (nSPS) is 11.9. The Hall–Kier alpha value is -1.43. The predicted octanol–water partition coefficient (Wildman–Crippen LogP) is 1.75. The minimum Gasteiger partial charge on any atom is -0.469 e. The Morgan fingerprint density at radius 1 is 1.42 bits per heavy atom. The molecule has 0 saturated heterocycles. The number of hydrogen-bond donors (Lipinski definition) is 0. The maximum Gasteiger partial charge on any atom is 0.306 e. The Morgan fingerprint density at radius 3 is 2.58 bits per heavy atom. The number of methoxy groups -OCH3 is 1. The van der Waals surface area contributed by atoms with Gasteiger partial charge in [-0.2, -0.15) is 4.98 Å². The number of esters is 1. The number of aromatic nitrogens is 2. The monoisotopic (exact) mass is 269 g/mol. The lowest BCUT2D eigenvalue weighted by Crippen LogP contribution is -2.26. The number of rotatable bonds is 6. The van der Waals surface area contributed by atoms with Gasteiger partial charge in [0.15, 0.2) is 5.82 Å². The summed E-state index contributed by atoms with van der Waals surface area (Å²) >= 11 is 0. The highest BCUT2D eigenvalue weighted by Gasteiger charge is 2.21. The van der Waals surface area contributed by atoms with E-state index in [1.54, 1.807) is 0 Å². The summed E-state index contributed by atoms with van der Waals surface area (Å²) < 4.78 is 9.86. The van der Waals surface area contributed by atoms with Crippen LogP contribution in [0.3, 0.4) is 0 Å². The average molecular weight is 269 g/mol. The third-order valence-corrected chi connectivity index (χ3v) is 2.80. The maximum absolute atomic E-state index is 11.1. The number of carbonyl (C=O) groups excluding carboxylic acids is 1. The second-order valence-corrected chi connectivity index (χ2v) is 5.46. The van der Waals surface area contributed by atoms with Crippen LogP contribution in [0, 0.1) is 0 Å². The van der Waals surface area contributed by atoms with Gasteiger partial charge in [-0.1, -0.05) is 32.9 Å². The molecule has 0 bridgehead atoms. The van der Waals surface area contributed by atoms with Gasteiger partial charge in [0.05, 0.1) is 20.1 Å². The molecule has 0 saturated carbocycles. The molecule has 6 heteroatoms. The highest BCUT2D eigenvalue weighted by Crippen LogP contribution is 2.18. The van der Waals surface area contributed by atoms with Gasteiger partial charge in [0.25, 0.3) is 0 Å². The van der Waals surface area contributed by atoms with Gasteiger partial charge in [0.2, 0.25) is 5.89 Å². The standard InChI is InChI=1S/C13H23N3O3/c1-6-16(8-7-11(17)18-5)9-10-14-12(15-19-10)13(2,3)4/h6-9H2,1-5H3. The fraction of sp³-hybridized carbons (Fsp3) is 0.769. The zero-order valence-corrected chi connectivity index (χ0v) is 12.4. The molecule has 0 amide bonds. The minimum absolute atomic E-state index is 0.120. The van der Waals surface area contributed by atoms with Crippen molar-refractivity contribution in [3.8, 4) is 0 Å². The molecular weight excluding hydrogens is 246 g/mol. The summed E-state index contributed by atoms with van der Waals surface area (Å²) in [5.74, 6) is 1.07. The van der Waals surface area contributed by atoms with Gasteiger partial charge in [-0.15, -0.1) is 0 Å². The van der Waals surface area contributed by atoms with E-state index in [-0.39, 0.29) is 11.4 Å². The molecule has 1 aromatic rings. The van der Waals surface area contributed by atoms with Gasteiger partial charge >= 0.3 is 5.97 Å². The van der Waals surface area contributed by atoms with Crippen LogP contribution in [0.25, 0.3) is 0 Å². The largest absolute Gasteiger partial charge is 0.469 e. The molecule has 19 heavy (non-hydrogen) atoms. The van der Waals surface area contributed by atoms with Crippen molar-refractivity contribution in [1.29, 1.82) is 0 Å². The number of ether oxygens (including phenoxy) is 1. The fourth-order valence-corrected chi connectivity index (χ4v) is 1.52. The molecule has 0 aliphatic carbocycles. The number of carbonyl (C=O) groups is 1. The quantitative estimate of drug-likeness (QED) is 0.733. The first-order valence-corrected chi connectivity index (χ1v) is 6.49. The van der Waals surface area contributed by atoms with E-state index in [1.165, 1.54) is 7.11 Å². The van der Waals surface area contributed by atoms with Crippen LogP contribution in [-0.2, 0) is 21.5 Å². The van der Waals surface area contributed by atoms with E-state index < -0.39 is 0 Å². The summed E-state index contributed by atoms with van der Waals surface area (Å²) in [4.78, 5) is 17.6. The molecule has 1 heterocycles. The Labute approximate surface area is 114 Å².